The van der Waals surface area contributed by atoms with Crippen LogP contribution in [0.25, 0.3) is 10.9 Å². The van der Waals surface area contributed by atoms with Crippen LogP contribution >= 0.6 is 0 Å². The third-order valence-electron chi connectivity index (χ3n) is 3.22. The van der Waals surface area contributed by atoms with Crippen LogP contribution in [0.3, 0.4) is 0 Å². The number of halogens is 3. The van der Waals surface area contributed by atoms with Crippen LogP contribution in [-0.2, 0) is 16.0 Å². The standard InChI is InChI=1S/C17H22F3N3O5/c1-5-26-14(24)9-23-8-10-6-12(21-15(25)28-16(2,3)4)13(7-11(10)22-23)27-17(18,19)20/h6-8,14,24H,5,9H2,1-4H3,(H,21,25). The first-order valence-corrected chi connectivity index (χ1v) is 8.43. The van der Waals surface area contributed by atoms with Gasteiger partial charge >= 0.3 is 12.5 Å². The number of fused-ring (bicyclic) bond motifs is 1. The van der Waals surface area contributed by atoms with Crippen LogP contribution in [0.4, 0.5) is 23.7 Å². The highest BCUT2D eigenvalue weighted by Crippen LogP contribution is 2.34. The molecule has 11 heteroatoms. The molecule has 0 saturated heterocycles. The monoisotopic (exact) mass is 405 g/mol. The number of carbonyl (C=O) groups excluding carboxylic acids is 1. The molecular weight excluding hydrogens is 383 g/mol. The molecule has 2 rings (SSSR count). The maximum absolute atomic E-state index is 12.8. The molecule has 8 nitrogen and oxygen atoms in total. The van der Waals surface area contributed by atoms with E-state index in [4.69, 9.17) is 9.47 Å². The highest BCUT2D eigenvalue weighted by Gasteiger charge is 2.33. The fourth-order valence-corrected chi connectivity index (χ4v) is 2.32. The van der Waals surface area contributed by atoms with Crippen molar-refractivity contribution in [2.24, 2.45) is 0 Å². The molecule has 0 spiro atoms. The van der Waals surface area contributed by atoms with Crippen molar-refractivity contribution in [1.29, 1.82) is 0 Å². The van der Waals surface area contributed by atoms with Gasteiger partial charge in [-0.3, -0.25) is 10.00 Å². The lowest BCUT2D eigenvalue weighted by Crippen LogP contribution is -2.27. The molecule has 1 aromatic carbocycles. The highest BCUT2D eigenvalue weighted by molar-refractivity contribution is 5.93. The quantitative estimate of drug-likeness (QED) is 0.713. The van der Waals surface area contributed by atoms with Crippen LogP contribution in [0.5, 0.6) is 5.75 Å². The van der Waals surface area contributed by atoms with Crippen LogP contribution in [0, 0.1) is 0 Å². The fourth-order valence-electron chi connectivity index (χ4n) is 2.32. The summed E-state index contributed by atoms with van der Waals surface area (Å²) < 4.78 is 53.6. The molecule has 156 valence electrons. The van der Waals surface area contributed by atoms with Gasteiger partial charge in [-0.2, -0.15) is 5.10 Å². The second-order valence-corrected chi connectivity index (χ2v) is 6.84. The lowest BCUT2D eigenvalue weighted by Gasteiger charge is -2.20. The summed E-state index contributed by atoms with van der Waals surface area (Å²) in [6.07, 6.45) is -5.52. The maximum atomic E-state index is 12.8. The van der Waals surface area contributed by atoms with E-state index in [9.17, 15) is 23.1 Å². The summed E-state index contributed by atoms with van der Waals surface area (Å²) >= 11 is 0. The molecular formula is C17H22F3N3O5. The highest BCUT2D eigenvalue weighted by atomic mass is 19.4. The molecule has 2 N–H and O–H groups in total. The molecule has 1 amide bonds. The molecule has 0 aliphatic heterocycles. The molecule has 0 aliphatic carbocycles. The van der Waals surface area contributed by atoms with Crippen LogP contribution < -0.4 is 10.1 Å². The molecule has 0 bridgehead atoms. The SMILES string of the molecule is CCOC(O)Cn1cc2cc(NC(=O)OC(C)(C)C)c(OC(F)(F)F)cc2n1. The topological polar surface area (TPSA) is 94.8 Å². The molecule has 2 aromatic rings. The fraction of sp³-hybridized carbons (Fsp3) is 0.529. The number of alkyl halides is 3. The van der Waals surface area contributed by atoms with E-state index in [0.29, 0.717) is 5.39 Å². The first kappa shape index (κ1) is 21.8. The number of hydrogen-bond donors (Lipinski definition) is 2. The summed E-state index contributed by atoms with van der Waals surface area (Å²) in [7, 11) is 0. The number of hydrogen-bond acceptors (Lipinski definition) is 6. The maximum Gasteiger partial charge on any atom is 0.573 e. The van der Waals surface area contributed by atoms with Gasteiger partial charge in [0.2, 0.25) is 0 Å². The molecule has 0 fully saturated rings. The zero-order valence-electron chi connectivity index (χ0n) is 15.8. The predicted octanol–water partition coefficient (Wildman–Crippen LogP) is 3.64. The van der Waals surface area contributed by atoms with Crippen LogP contribution in [-0.4, -0.2) is 45.8 Å². The summed E-state index contributed by atoms with van der Waals surface area (Å²) in [5.41, 5.74) is -0.888. The van der Waals surface area contributed by atoms with E-state index >= 15 is 0 Å². The van der Waals surface area contributed by atoms with Gasteiger partial charge in [-0.05, 0) is 33.8 Å². The first-order valence-electron chi connectivity index (χ1n) is 8.43. The smallest absolute Gasteiger partial charge is 0.444 e. The molecule has 1 aromatic heterocycles. The average Bonchev–Trinajstić information content (AvgIpc) is 2.85. The van der Waals surface area contributed by atoms with Crippen LogP contribution in [0.2, 0.25) is 0 Å². The van der Waals surface area contributed by atoms with E-state index in [1.807, 2.05) is 0 Å². The van der Waals surface area contributed by atoms with Crippen LogP contribution in [0.1, 0.15) is 27.7 Å². The largest absolute Gasteiger partial charge is 0.573 e. The van der Waals surface area contributed by atoms with Gasteiger partial charge < -0.3 is 19.3 Å². The molecule has 0 radical (unpaired) electrons. The zero-order chi connectivity index (χ0) is 21.1. The Morgan fingerprint density at radius 2 is 2.00 bits per heavy atom. The second-order valence-electron chi connectivity index (χ2n) is 6.84. The van der Waals surface area contributed by atoms with Crippen molar-refractivity contribution in [3.05, 3.63) is 18.3 Å². The summed E-state index contributed by atoms with van der Waals surface area (Å²) in [6.45, 7) is 6.84. The van der Waals surface area contributed by atoms with Gasteiger partial charge in [0.15, 0.2) is 12.0 Å². The second kappa shape index (κ2) is 8.23. The van der Waals surface area contributed by atoms with Gasteiger partial charge in [0.05, 0.1) is 17.7 Å². The van der Waals surface area contributed by atoms with Crippen molar-refractivity contribution in [2.75, 3.05) is 11.9 Å². The van der Waals surface area contributed by atoms with Gasteiger partial charge in [0.1, 0.15) is 5.60 Å². The summed E-state index contributed by atoms with van der Waals surface area (Å²) in [6, 6.07) is 2.32. The Morgan fingerprint density at radius 3 is 2.57 bits per heavy atom. The van der Waals surface area contributed by atoms with Crippen molar-refractivity contribution in [1.82, 2.24) is 9.78 Å². The third-order valence-corrected chi connectivity index (χ3v) is 3.22. The molecule has 1 heterocycles. The number of anilines is 1. The number of nitrogens with one attached hydrogen (secondary N) is 1. The molecule has 0 aliphatic rings. The minimum absolute atomic E-state index is 0.0210. The van der Waals surface area contributed by atoms with Gasteiger partial charge in [0, 0.05) is 24.3 Å². The lowest BCUT2D eigenvalue weighted by atomic mass is 10.2. The molecule has 0 saturated carbocycles. The van der Waals surface area contributed by atoms with Crippen molar-refractivity contribution in [3.63, 3.8) is 0 Å². The van der Waals surface area contributed by atoms with E-state index in [-0.39, 0.29) is 24.4 Å². The Bertz CT molecular complexity index is 830. The number of ether oxygens (including phenoxy) is 3. The van der Waals surface area contributed by atoms with Gasteiger partial charge in [-0.15, -0.1) is 13.2 Å². The number of rotatable bonds is 6. The minimum Gasteiger partial charge on any atom is -0.444 e. The van der Waals surface area contributed by atoms with Gasteiger partial charge in [-0.25, -0.2) is 4.79 Å². The molecule has 1 unspecified atom stereocenters. The molecule has 28 heavy (non-hydrogen) atoms. The lowest BCUT2D eigenvalue weighted by molar-refractivity contribution is -0.274. The Labute approximate surface area is 159 Å². The average molecular weight is 405 g/mol. The van der Waals surface area contributed by atoms with E-state index < -0.39 is 30.1 Å². The number of aliphatic hydroxyl groups excluding tert-OH is 1. The Hall–Kier alpha value is -2.53. The number of benzene rings is 1. The number of carbonyl (C=O) groups is 1. The molecule has 1 atom stereocenters. The Kier molecular flexibility index (Phi) is 6.40. The number of amides is 1. The predicted molar refractivity (Wildman–Crippen MR) is 93.9 cm³/mol. The van der Waals surface area contributed by atoms with Crippen LogP contribution in [0.15, 0.2) is 18.3 Å². The number of aliphatic hydroxyl groups is 1. The van der Waals surface area contributed by atoms with Gasteiger partial charge in [0.25, 0.3) is 0 Å². The van der Waals surface area contributed by atoms with Crippen molar-refractivity contribution in [3.8, 4) is 5.75 Å². The van der Waals surface area contributed by atoms with E-state index in [2.05, 4.69) is 15.2 Å². The summed E-state index contributed by atoms with van der Waals surface area (Å²) in [4.78, 5) is 12.0. The number of aromatic nitrogens is 2. The van der Waals surface area contributed by atoms with E-state index in [0.717, 1.165) is 6.07 Å². The minimum atomic E-state index is -4.97. The third kappa shape index (κ3) is 6.57. The van der Waals surface area contributed by atoms with Crippen molar-refractivity contribution in [2.45, 2.75) is 52.5 Å². The normalized spacial score (nSPS) is 13.4. The Balaban J connectivity index is 2.36. The zero-order valence-corrected chi connectivity index (χ0v) is 15.8. The van der Waals surface area contributed by atoms with Crippen molar-refractivity contribution >= 4 is 22.7 Å². The van der Waals surface area contributed by atoms with E-state index in [1.165, 1.54) is 16.9 Å². The van der Waals surface area contributed by atoms with Gasteiger partial charge in [-0.1, -0.05) is 0 Å². The van der Waals surface area contributed by atoms with E-state index in [1.54, 1.807) is 27.7 Å². The first-order chi connectivity index (χ1) is 12.9. The summed E-state index contributed by atoms with van der Waals surface area (Å²) in [5.74, 6) is -0.638. The number of nitrogens with zero attached hydrogens (tertiary/aromatic N) is 2. The Morgan fingerprint density at radius 1 is 1.32 bits per heavy atom. The summed E-state index contributed by atoms with van der Waals surface area (Å²) in [5, 5.41) is 16.5. The van der Waals surface area contributed by atoms with Crippen molar-refractivity contribution < 1.29 is 37.3 Å².